The van der Waals surface area contributed by atoms with E-state index < -0.39 is 0 Å². The molecule has 1 aliphatic carbocycles. The number of halogens is 1. The van der Waals surface area contributed by atoms with Crippen LogP contribution in [0.15, 0.2) is 59.3 Å². The predicted octanol–water partition coefficient (Wildman–Crippen LogP) is 6.59. The molecule has 3 aromatic heterocycles. The van der Waals surface area contributed by atoms with Gasteiger partial charge in [0, 0.05) is 46.8 Å². The molecule has 6 rings (SSSR count). The standard InChI is InChI=1S/C31H38IN7O2S/c1-21-6-4-7-22-18-30(2,3)38(19-22)28-23(29(40)37-42-27-9-5-8-24(33-21)34-27)10-11-25(35-28)39-16-12-26(36-39)41-17-15-31(20-32)13-14-31/h5,7-12,16,21H,4,6,13-15,17-20H2,1-3H3,(H,33,34)(H,37,40)/b22-7-. The molecule has 2 aliphatic heterocycles. The van der Waals surface area contributed by atoms with Crippen molar-refractivity contribution in [2.75, 3.05) is 27.8 Å². The van der Waals surface area contributed by atoms with Gasteiger partial charge in [0.2, 0.25) is 5.88 Å². The van der Waals surface area contributed by atoms with Crippen LogP contribution in [-0.2, 0) is 0 Å². The molecule has 222 valence electrons. The lowest BCUT2D eigenvalue weighted by Gasteiger charge is -2.33. The number of nitrogens with one attached hydrogen (secondary N) is 2. The van der Waals surface area contributed by atoms with Gasteiger partial charge in [-0.2, -0.15) is 0 Å². The summed E-state index contributed by atoms with van der Waals surface area (Å²) in [7, 11) is 0. The van der Waals surface area contributed by atoms with Crippen LogP contribution in [0.3, 0.4) is 0 Å². The molecule has 2 N–H and O–H groups in total. The molecule has 2 fully saturated rings. The first kappa shape index (κ1) is 29.3. The van der Waals surface area contributed by atoms with Crippen LogP contribution in [0.5, 0.6) is 5.88 Å². The summed E-state index contributed by atoms with van der Waals surface area (Å²) in [6.45, 7) is 8.00. The number of hydrogen-bond donors (Lipinski definition) is 2. The summed E-state index contributed by atoms with van der Waals surface area (Å²) in [4.78, 5) is 25.6. The fourth-order valence-corrected chi connectivity index (χ4v) is 7.39. The van der Waals surface area contributed by atoms with E-state index in [1.165, 1.54) is 34.8 Å². The molecule has 0 radical (unpaired) electrons. The van der Waals surface area contributed by atoms with Gasteiger partial charge in [-0.05, 0) is 89.0 Å². The van der Waals surface area contributed by atoms with E-state index in [1.807, 2.05) is 42.6 Å². The highest BCUT2D eigenvalue weighted by molar-refractivity contribution is 14.1. The van der Waals surface area contributed by atoms with Crippen LogP contribution in [0, 0.1) is 5.41 Å². The third kappa shape index (κ3) is 6.56. The zero-order valence-corrected chi connectivity index (χ0v) is 27.4. The number of fused-ring (bicyclic) bond motifs is 6. The predicted molar refractivity (Wildman–Crippen MR) is 176 cm³/mol. The fraction of sp³-hybridized carbons (Fsp3) is 0.484. The molecule has 42 heavy (non-hydrogen) atoms. The molecule has 4 bridgehead atoms. The summed E-state index contributed by atoms with van der Waals surface area (Å²) in [6, 6.07) is 11.7. The number of aromatic nitrogens is 4. The van der Waals surface area contributed by atoms with E-state index in [-0.39, 0.29) is 17.5 Å². The van der Waals surface area contributed by atoms with Gasteiger partial charge in [0.15, 0.2) is 5.82 Å². The summed E-state index contributed by atoms with van der Waals surface area (Å²) in [6.07, 6.45) is 10.8. The second-order valence-electron chi connectivity index (χ2n) is 12.3. The molecule has 5 heterocycles. The minimum Gasteiger partial charge on any atom is -0.477 e. The zero-order valence-electron chi connectivity index (χ0n) is 24.4. The molecule has 1 saturated carbocycles. The summed E-state index contributed by atoms with van der Waals surface area (Å²) in [5, 5.41) is 8.87. The van der Waals surface area contributed by atoms with Crippen molar-refractivity contribution in [1.82, 2.24) is 24.5 Å². The Bertz CT molecular complexity index is 1490. The lowest BCUT2D eigenvalue weighted by molar-refractivity contribution is 0.0984. The molecule has 3 aliphatic rings. The average Bonchev–Trinajstić information content (AvgIpc) is 3.47. The minimum absolute atomic E-state index is 0.207. The third-order valence-corrected chi connectivity index (χ3v) is 10.8. The van der Waals surface area contributed by atoms with Crippen molar-refractivity contribution < 1.29 is 9.53 Å². The van der Waals surface area contributed by atoms with E-state index >= 15 is 0 Å². The Labute approximate surface area is 265 Å². The first-order chi connectivity index (χ1) is 20.2. The van der Waals surface area contributed by atoms with Gasteiger partial charge in [0.1, 0.15) is 16.7 Å². The number of alkyl halides is 1. The Morgan fingerprint density at radius 2 is 2.02 bits per heavy atom. The van der Waals surface area contributed by atoms with Gasteiger partial charge in [-0.3, -0.25) is 9.52 Å². The van der Waals surface area contributed by atoms with Gasteiger partial charge in [-0.1, -0.05) is 40.3 Å². The lowest BCUT2D eigenvalue weighted by atomic mass is 9.98. The number of ether oxygens (including phenoxy) is 1. The van der Waals surface area contributed by atoms with E-state index in [1.54, 1.807) is 4.68 Å². The number of pyridine rings is 2. The van der Waals surface area contributed by atoms with E-state index in [4.69, 9.17) is 9.72 Å². The van der Waals surface area contributed by atoms with Gasteiger partial charge >= 0.3 is 0 Å². The molecule has 9 nitrogen and oxygen atoms in total. The molecule has 1 atom stereocenters. The van der Waals surface area contributed by atoms with Crippen molar-refractivity contribution in [2.24, 2.45) is 5.41 Å². The van der Waals surface area contributed by atoms with Crippen molar-refractivity contribution in [3.05, 3.63) is 59.8 Å². The van der Waals surface area contributed by atoms with E-state index in [0.29, 0.717) is 35.1 Å². The summed E-state index contributed by atoms with van der Waals surface area (Å²) in [5.41, 5.74) is 2.14. The van der Waals surface area contributed by atoms with Crippen molar-refractivity contribution in [3.8, 4) is 11.7 Å². The maximum absolute atomic E-state index is 13.6. The quantitative estimate of drug-likeness (QED) is 0.129. The summed E-state index contributed by atoms with van der Waals surface area (Å²) >= 11 is 3.70. The van der Waals surface area contributed by atoms with Crippen LogP contribution >= 0.6 is 34.5 Å². The number of carbonyl (C=O) groups excluding carboxylic acids is 1. The first-order valence-corrected chi connectivity index (χ1v) is 17.0. The monoisotopic (exact) mass is 699 g/mol. The molecular formula is C31H38IN7O2S. The maximum atomic E-state index is 13.6. The highest BCUT2D eigenvalue weighted by atomic mass is 127. The Balaban J connectivity index is 1.29. The Morgan fingerprint density at radius 3 is 2.83 bits per heavy atom. The normalized spacial score (nSPS) is 22.4. The van der Waals surface area contributed by atoms with Crippen LogP contribution < -0.4 is 19.7 Å². The minimum atomic E-state index is -0.211. The highest BCUT2D eigenvalue weighted by Crippen LogP contribution is 2.50. The van der Waals surface area contributed by atoms with Gasteiger partial charge in [0.25, 0.3) is 5.91 Å². The number of anilines is 2. The Kier molecular flexibility index (Phi) is 8.41. The van der Waals surface area contributed by atoms with Gasteiger partial charge < -0.3 is 15.0 Å². The third-order valence-electron chi connectivity index (χ3n) is 8.43. The van der Waals surface area contributed by atoms with Crippen LogP contribution in [0.2, 0.25) is 0 Å². The molecule has 3 aromatic rings. The number of nitrogens with zero attached hydrogens (tertiary/aromatic N) is 5. The van der Waals surface area contributed by atoms with Crippen molar-refractivity contribution in [2.45, 2.75) is 75.9 Å². The largest absolute Gasteiger partial charge is 0.477 e. The molecule has 11 heteroatoms. The smallest absolute Gasteiger partial charge is 0.265 e. The number of carbonyl (C=O) groups is 1. The lowest BCUT2D eigenvalue weighted by Crippen LogP contribution is -2.40. The Hall–Kier alpha value is -2.80. The van der Waals surface area contributed by atoms with Crippen molar-refractivity contribution in [3.63, 3.8) is 0 Å². The van der Waals surface area contributed by atoms with Gasteiger partial charge in [-0.15, -0.1) is 5.10 Å². The molecule has 1 amide bonds. The SMILES string of the molecule is CC1CC/C=C2\CN(c3nc(-n4ccc(OCCC5(CI)CC5)n4)ccc3C(=O)NSc3cccc(n3)N1)C(C)(C)C2. The maximum Gasteiger partial charge on any atom is 0.265 e. The summed E-state index contributed by atoms with van der Waals surface area (Å²) in [5.74, 6) is 2.48. The van der Waals surface area contributed by atoms with Crippen molar-refractivity contribution in [1.29, 1.82) is 0 Å². The molecule has 1 unspecified atom stereocenters. The molecule has 0 aromatic carbocycles. The zero-order chi connectivity index (χ0) is 29.3. The first-order valence-electron chi connectivity index (χ1n) is 14.7. The highest BCUT2D eigenvalue weighted by Gasteiger charge is 2.41. The number of hydrogen-bond acceptors (Lipinski definition) is 8. The van der Waals surface area contributed by atoms with Gasteiger partial charge in [-0.25, -0.2) is 14.6 Å². The topological polar surface area (TPSA) is 97.2 Å². The van der Waals surface area contributed by atoms with E-state index in [2.05, 4.69) is 74.5 Å². The average molecular weight is 700 g/mol. The summed E-state index contributed by atoms with van der Waals surface area (Å²) < 4.78 is 11.9. The van der Waals surface area contributed by atoms with Crippen LogP contribution in [0.25, 0.3) is 5.82 Å². The molecule has 0 spiro atoms. The number of amides is 1. The van der Waals surface area contributed by atoms with Crippen LogP contribution in [0.1, 0.15) is 69.7 Å². The van der Waals surface area contributed by atoms with E-state index in [0.717, 1.165) is 43.1 Å². The second kappa shape index (κ2) is 12.1. The Morgan fingerprint density at radius 1 is 1.17 bits per heavy atom. The van der Waals surface area contributed by atoms with Crippen molar-refractivity contribution >= 4 is 52.1 Å². The number of rotatable bonds is 6. The van der Waals surface area contributed by atoms with Gasteiger partial charge in [0.05, 0.1) is 12.2 Å². The molecular weight excluding hydrogens is 661 g/mol. The van der Waals surface area contributed by atoms with Crippen LogP contribution in [0.4, 0.5) is 11.6 Å². The number of allylic oxidation sites excluding steroid dienone is 1. The second-order valence-corrected chi connectivity index (χ2v) is 13.9. The molecule has 1 saturated heterocycles. The van der Waals surface area contributed by atoms with Crippen LogP contribution in [-0.4, -0.2) is 54.8 Å². The fourth-order valence-electron chi connectivity index (χ4n) is 5.65. The van der Waals surface area contributed by atoms with E-state index in [9.17, 15) is 4.79 Å².